The minimum atomic E-state index is -1.20. The first kappa shape index (κ1) is 36.2. The van der Waals surface area contributed by atoms with Crippen LogP contribution in [0, 0.1) is 17.8 Å². The van der Waals surface area contributed by atoms with Gasteiger partial charge in [0.05, 0.1) is 26.9 Å². The number of hydrogen-bond donors (Lipinski definition) is 1. The molecule has 0 saturated carbocycles. The van der Waals surface area contributed by atoms with E-state index >= 15 is 0 Å². The van der Waals surface area contributed by atoms with Crippen LogP contribution in [0.25, 0.3) is 0 Å². The number of nitrogens with one attached hydrogen (secondary N) is 1. The lowest BCUT2D eigenvalue weighted by molar-refractivity contribution is -0.181. The van der Waals surface area contributed by atoms with E-state index in [2.05, 4.69) is 10.3 Å². The summed E-state index contributed by atoms with van der Waals surface area (Å²) in [4.78, 5) is 42.2. The largest absolute Gasteiger partial charge is 0.493 e. The molecular formula is C30H48N2O11. The molecule has 1 aliphatic heterocycles. The van der Waals surface area contributed by atoms with E-state index in [0.717, 1.165) is 0 Å². The maximum Gasteiger partial charge on any atom is 0.331 e. The van der Waals surface area contributed by atoms with Gasteiger partial charge in [0.1, 0.15) is 12.2 Å². The highest BCUT2D eigenvalue weighted by Crippen LogP contribution is 2.29. The van der Waals surface area contributed by atoms with Crippen molar-refractivity contribution in [1.82, 2.24) is 10.3 Å². The minimum Gasteiger partial charge on any atom is -0.493 e. The molecule has 1 aliphatic rings. The van der Waals surface area contributed by atoms with Gasteiger partial charge in [-0.25, -0.2) is 9.78 Å². The van der Waals surface area contributed by atoms with Crippen molar-refractivity contribution in [2.24, 2.45) is 17.8 Å². The molecule has 2 rings (SSSR count). The molecule has 1 aromatic rings. The maximum absolute atomic E-state index is 13.5. The molecule has 13 nitrogen and oxygen atoms in total. The van der Waals surface area contributed by atoms with Crippen molar-refractivity contribution in [3.05, 3.63) is 18.0 Å². The first-order chi connectivity index (χ1) is 20.4. The summed E-state index contributed by atoms with van der Waals surface area (Å²) < 4.78 is 45.8. The summed E-state index contributed by atoms with van der Waals surface area (Å²) >= 11 is 0. The van der Waals surface area contributed by atoms with Gasteiger partial charge in [0.25, 0.3) is 5.91 Å². The maximum atomic E-state index is 13.5. The van der Waals surface area contributed by atoms with E-state index < -0.39 is 49.0 Å². The van der Waals surface area contributed by atoms with Crippen LogP contribution in [0.3, 0.4) is 0 Å². The van der Waals surface area contributed by atoms with E-state index in [1.165, 1.54) is 26.3 Å². The number of aromatic nitrogens is 1. The van der Waals surface area contributed by atoms with E-state index in [4.69, 9.17) is 37.9 Å². The lowest BCUT2D eigenvalue weighted by Gasteiger charge is -2.33. The Morgan fingerprint density at radius 1 is 1.02 bits per heavy atom. The summed E-state index contributed by atoms with van der Waals surface area (Å²) in [5, 5.41) is 2.63. The second kappa shape index (κ2) is 18.6. The molecule has 0 aliphatic carbocycles. The van der Waals surface area contributed by atoms with Crippen LogP contribution in [0.2, 0.25) is 0 Å². The second-order valence-electron chi connectivity index (χ2n) is 11.5. The number of carbonyl (C=O) groups is 3. The Kier molecular flexibility index (Phi) is 15.7. The highest BCUT2D eigenvalue weighted by molar-refractivity contribution is 5.98. The van der Waals surface area contributed by atoms with Gasteiger partial charge in [-0.1, -0.05) is 41.5 Å². The molecule has 1 amide bonds. The van der Waals surface area contributed by atoms with Crippen molar-refractivity contribution in [2.75, 3.05) is 53.5 Å². The summed E-state index contributed by atoms with van der Waals surface area (Å²) in [6.45, 7) is 14.2. The predicted molar refractivity (Wildman–Crippen MR) is 155 cm³/mol. The highest BCUT2D eigenvalue weighted by Gasteiger charge is 2.39. The number of amides is 1. The first-order valence-electron chi connectivity index (χ1n) is 14.6. The Morgan fingerprint density at radius 2 is 1.70 bits per heavy atom. The third-order valence-corrected chi connectivity index (χ3v) is 5.92. The fourth-order valence-corrected chi connectivity index (χ4v) is 3.92. The molecule has 1 N–H and O–H groups in total. The van der Waals surface area contributed by atoms with E-state index in [1.54, 1.807) is 0 Å². The average molecular weight is 613 g/mol. The normalized spacial score (nSPS) is 21.1. The number of nitrogens with zero attached hydrogens (tertiary/aromatic N) is 1. The molecule has 0 radical (unpaired) electrons. The highest BCUT2D eigenvalue weighted by atomic mass is 16.7. The molecule has 1 aromatic heterocycles. The van der Waals surface area contributed by atoms with Gasteiger partial charge in [-0.3, -0.25) is 9.59 Å². The summed E-state index contributed by atoms with van der Waals surface area (Å²) in [7, 11) is 1.39. The van der Waals surface area contributed by atoms with Gasteiger partial charge in [0.2, 0.25) is 6.79 Å². The molecular weight excluding hydrogens is 564 g/mol. The molecule has 0 aromatic carbocycles. The van der Waals surface area contributed by atoms with E-state index in [-0.39, 0.29) is 54.8 Å². The number of rotatable bonds is 16. The third kappa shape index (κ3) is 12.6. The predicted octanol–water partition coefficient (Wildman–Crippen LogP) is 2.79. The van der Waals surface area contributed by atoms with Crippen molar-refractivity contribution in [3.8, 4) is 11.5 Å². The Labute approximate surface area is 254 Å². The summed E-state index contributed by atoms with van der Waals surface area (Å²) in [5.74, 6) is -1.23. The monoisotopic (exact) mass is 612 g/mol. The standard InChI is InChI=1S/C30H48N2O11/c1-18(2)11-37-16-25-27(40-13-20(5)6)24(39-12-19(3)4)15-38-14-22(30(35)43-25)32-29(34)26-28(42-17-41-21(7)33)23(36-8)9-10-31-26/h9-10,18-20,22,24-25,27H,11-17H2,1-8H3,(H,32,34)/t22-,24+,25-,27-/m1/s1. The van der Waals surface area contributed by atoms with E-state index in [1.807, 2.05) is 41.5 Å². The van der Waals surface area contributed by atoms with Crippen molar-refractivity contribution in [3.63, 3.8) is 0 Å². The lowest BCUT2D eigenvalue weighted by atomic mass is 10.1. The Balaban J connectivity index is 2.33. The van der Waals surface area contributed by atoms with Gasteiger partial charge >= 0.3 is 11.9 Å². The zero-order valence-electron chi connectivity index (χ0n) is 26.6. The van der Waals surface area contributed by atoms with Gasteiger partial charge in [-0.15, -0.1) is 0 Å². The molecule has 2 heterocycles. The van der Waals surface area contributed by atoms with Crippen molar-refractivity contribution < 1.29 is 52.3 Å². The number of pyridine rings is 1. The molecule has 0 bridgehead atoms. The van der Waals surface area contributed by atoms with Crippen LogP contribution >= 0.6 is 0 Å². The average Bonchev–Trinajstić information content (AvgIpc) is 2.98. The fraction of sp³-hybridized carbons (Fsp3) is 0.733. The van der Waals surface area contributed by atoms with Crippen molar-refractivity contribution in [2.45, 2.75) is 72.8 Å². The Bertz CT molecular complexity index is 1020. The molecule has 43 heavy (non-hydrogen) atoms. The number of ether oxygens (including phenoxy) is 8. The third-order valence-electron chi connectivity index (χ3n) is 5.92. The van der Waals surface area contributed by atoms with Crippen molar-refractivity contribution >= 4 is 17.8 Å². The van der Waals surface area contributed by atoms with Crippen LogP contribution in [-0.2, 0) is 38.0 Å². The van der Waals surface area contributed by atoms with Crippen LogP contribution < -0.4 is 14.8 Å². The van der Waals surface area contributed by atoms with Gasteiger partial charge in [0.15, 0.2) is 29.3 Å². The second-order valence-corrected chi connectivity index (χ2v) is 11.5. The zero-order chi connectivity index (χ0) is 31.9. The fourth-order valence-electron chi connectivity index (χ4n) is 3.92. The SMILES string of the molecule is COc1ccnc(C(=O)N[C@@H]2COC[C@H](OCC(C)C)[C@@H](OCC(C)C)[C@@H](COCC(C)C)OC2=O)c1OCOC(C)=O. The summed E-state index contributed by atoms with van der Waals surface area (Å²) in [6.07, 6.45) is -0.717. The van der Waals surface area contributed by atoms with Crippen LogP contribution in [-0.4, -0.2) is 101 Å². The smallest absolute Gasteiger partial charge is 0.331 e. The first-order valence-corrected chi connectivity index (χ1v) is 14.6. The van der Waals surface area contributed by atoms with E-state index in [0.29, 0.717) is 19.8 Å². The number of esters is 2. The van der Waals surface area contributed by atoms with Crippen LogP contribution in [0.4, 0.5) is 0 Å². The van der Waals surface area contributed by atoms with Crippen LogP contribution in [0.5, 0.6) is 11.5 Å². The van der Waals surface area contributed by atoms with Gasteiger partial charge in [-0.2, -0.15) is 0 Å². The topological polar surface area (TPSA) is 150 Å². The van der Waals surface area contributed by atoms with E-state index in [9.17, 15) is 14.4 Å². The summed E-state index contributed by atoms with van der Waals surface area (Å²) in [5.41, 5.74) is -0.188. The lowest BCUT2D eigenvalue weighted by Crippen LogP contribution is -2.50. The summed E-state index contributed by atoms with van der Waals surface area (Å²) in [6, 6.07) is 0.275. The van der Waals surface area contributed by atoms with Gasteiger partial charge in [-0.05, 0) is 17.8 Å². The molecule has 244 valence electrons. The molecule has 4 atom stereocenters. The number of hydrogen-bond acceptors (Lipinski definition) is 12. The number of carbonyl (C=O) groups excluding carboxylic acids is 3. The van der Waals surface area contributed by atoms with Crippen LogP contribution in [0.15, 0.2) is 12.3 Å². The molecule has 13 heteroatoms. The van der Waals surface area contributed by atoms with Crippen molar-refractivity contribution in [1.29, 1.82) is 0 Å². The molecule has 0 unspecified atom stereocenters. The van der Waals surface area contributed by atoms with Gasteiger partial charge in [0, 0.05) is 39.0 Å². The molecule has 1 fully saturated rings. The molecule has 0 spiro atoms. The Morgan fingerprint density at radius 3 is 2.33 bits per heavy atom. The number of cyclic esters (lactones) is 1. The molecule has 1 saturated heterocycles. The zero-order valence-corrected chi connectivity index (χ0v) is 26.6. The Hall–Kier alpha value is -3.00. The van der Waals surface area contributed by atoms with Crippen LogP contribution in [0.1, 0.15) is 59.0 Å². The quantitative estimate of drug-likeness (QED) is 0.216. The minimum absolute atomic E-state index is 0.0645. The number of methoxy groups -OCH3 is 1. The van der Waals surface area contributed by atoms with Gasteiger partial charge < -0.3 is 43.2 Å².